The molecule has 1 unspecified atom stereocenters. The van der Waals surface area contributed by atoms with Crippen LogP contribution in [0.2, 0.25) is 0 Å². The maximum atomic E-state index is 12.9. The zero-order chi connectivity index (χ0) is 55.0. The van der Waals surface area contributed by atoms with Gasteiger partial charge in [0.15, 0.2) is 6.10 Å². The molecule has 0 fully saturated rings. The molecule has 436 valence electrons. The first-order valence-electron chi connectivity index (χ1n) is 32.2. The Kier molecular flexibility index (Phi) is 60.8. The smallest absolute Gasteiger partial charge is 0.306 e. The van der Waals surface area contributed by atoms with E-state index in [9.17, 15) is 14.4 Å². The minimum atomic E-state index is -0.781. The number of unbranched alkanes of at least 4 members (excludes halogenated alkanes) is 31. The van der Waals surface area contributed by atoms with E-state index in [2.05, 4.69) is 118 Å². The lowest BCUT2D eigenvalue weighted by Crippen LogP contribution is -2.30. The van der Waals surface area contributed by atoms with Crippen LogP contribution in [-0.2, 0) is 28.6 Å². The predicted molar refractivity (Wildman–Crippen MR) is 330 cm³/mol. The molecule has 0 amide bonds. The highest BCUT2D eigenvalue weighted by atomic mass is 16.6. The first kappa shape index (κ1) is 72.3. The van der Waals surface area contributed by atoms with Crippen LogP contribution in [0.15, 0.2) is 97.2 Å². The van der Waals surface area contributed by atoms with Crippen molar-refractivity contribution in [1.29, 1.82) is 0 Å². The van der Waals surface area contributed by atoms with E-state index in [0.29, 0.717) is 19.3 Å². The van der Waals surface area contributed by atoms with Crippen LogP contribution >= 0.6 is 0 Å². The van der Waals surface area contributed by atoms with E-state index in [1.165, 1.54) is 161 Å². The number of carbonyl (C=O) groups is 3. The Labute approximate surface area is 470 Å². The Morgan fingerprint density at radius 1 is 0.276 bits per heavy atom. The van der Waals surface area contributed by atoms with Gasteiger partial charge in [0.25, 0.3) is 0 Å². The number of rotatable bonds is 58. The van der Waals surface area contributed by atoms with Gasteiger partial charge in [-0.3, -0.25) is 14.4 Å². The van der Waals surface area contributed by atoms with Gasteiger partial charge in [-0.05, 0) is 103 Å². The highest BCUT2D eigenvalue weighted by Crippen LogP contribution is 2.16. The second-order valence-electron chi connectivity index (χ2n) is 21.3. The van der Waals surface area contributed by atoms with Gasteiger partial charge in [0.1, 0.15) is 13.2 Å². The minimum absolute atomic E-state index is 0.0788. The third-order valence-electron chi connectivity index (χ3n) is 13.8. The lowest BCUT2D eigenvalue weighted by molar-refractivity contribution is -0.167. The molecule has 0 heterocycles. The van der Waals surface area contributed by atoms with Gasteiger partial charge < -0.3 is 14.2 Å². The third-order valence-corrected chi connectivity index (χ3v) is 13.8. The minimum Gasteiger partial charge on any atom is -0.462 e. The van der Waals surface area contributed by atoms with Crippen molar-refractivity contribution in [3.63, 3.8) is 0 Å². The molecule has 0 aliphatic carbocycles. The first-order valence-corrected chi connectivity index (χ1v) is 32.2. The topological polar surface area (TPSA) is 78.9 Å². The number of ether oxygens (including phenoxy) is 3. The second-order valence-corrected chi connectivity index (χ2v) is 21.3. The van der Waals surface area contributed by atoms with Gasteiger partial charge in [-0.15, -0.1) is 0 Å². The van der Waals surface area contributed by atoms with E-state index >= 15 is 0 Å². The molecule has 6 nitrogen and oxygen atoms in total. The average molecular weight is 1060 g/mol. The van der Waals surface area contributed by atoms with Gasteiger partial charge in [0, 0.05) is 19.3 Å². The Balaban J connectivity index is 4.20. The summed E-state index contributed by atoms with van der Waals surface area (Å²) in [6, 6.07) is 0. The molecule has 0 bridgehead atoms. The lowest BCUT2D eigenvalue weighted by Gasteiger charge is -2.18. The maximum Gasteiger partial charge on any atom is 0.306 e. The summed E-state index contributed by atoms with van der Waals surface area (Å²) >= 11 is 0. The van der Waals surface area contributed by atoms with Gasteiger partial charge in [-0.1, -0.05) is 285 Å². The van der Waals surface area contributed by atoms with Crippen molar-refractivity contribution in [1.82, 2.24) is 0 Å². The molecule has 0 aromatic carbocycles. The fraction of sp³-hybridized carbons (Fsp3) is 0.729. The normalized spacial score (nSPS) is 12.7. The van der Waals surface area contributed by atoms with Crippen LogP contribution in [0, 0.1) is 0 Å². The summed E-state index contributed by atoms with van der Waals surface area (Å²) in [4.78, 5) is 38.2. The maximum absolute atomic E-state index is 12.9. The second kappa shape index (κ2) is 63.9. The van der Waals surface area contributed by atoms with Crippen LogP contribution in [0.5, 0.6) is 0 Å². The summed E-state index contributed by atoms with van der Waals surface area (Å²) in [5.41, 5.74) is 0. The van der Waals surface area contributed by atoms with Gasteiger partial charge in [-0.25, -0.2) is 0 Å². The number of carbonyl (C=O) groups excluding carboxylic acids is 3. The summed E-state index contributed by atoms with van der Waals surface area (Å²) in [6.45, 7) is 6.50. The molecule has 0 aromatic heterocycles. The van der Waals surface area contributed by atoms with E-state index in [1.807, 2.05) is 0 Å². The van der Waals surface area contributed by atoms with Crippen LogP contribution in [0.1, 0.15) is 310 Å². The van der Waals surface area contributed by atoms with Crippen molar-refractivity contribution < 1.29 is 28.6 Å². The van der Waals surface area contributed by atoms with Crippen LogP contribution in [0.25, 0.3) is 0 Å². The molecule has 0 spiro atoms. The van der Waals surface area contributed by atoms with E-state index < -0.39 is 6.10 Å². The van der Waals surface area contributed by atoms with E-state index in [-0.39, 0.29) is 31.1 Å². The van der Waals surface area contributed by atoms with Gasteiger partial charge in [-0.2, -0.15) is 0 Å². The SMILES string of the molecule is CC/C=C\C/C=C\C/C=C\C/C=C\C/C=C\C/C=C\CCCCCCCCCCC(=O)OCC(COC(=O)CCCCCCCCCC)OC(=O)CCCCCCCCCCCCC/C=C\C/C=C\CCCCCCC. The molecular weight excluding hydrogens is 937 g/mol. The number of esters is 3. The van der Waals surface area contributed by atoms with Crippen LogP contribution in [0.4, 0.5) is 0 Å². The van der Waals surface area contributed by atoms with Crippen molar-refractivity contribution >= 4 is 17.9 Å². The molecule has 0 saturated heterocycles. The molecule has 0 saturated carbocycles. The largest absolute Gasteiger partial charge is 0.462 e. The fourth-order valence-corrected chi connectivity index (χ4v) is 9.01. The molecule has 76 heavy (non-hydrogen) atoms. The number of hydrogen-bond acceptors (Lipinski definition) is 6. The highest BCUT2D eigenvalue weighted by Gasteiger charge is 2.19. The van der Waals surface area contributed by atoms with Crippen LogP contribution in [0.3, 0.4) is 0 Å². The van der Waals surface area contributed by atoms with E-state index in [1.54, 1.807) is 0 Å². The Morgan fingerprint density at radius 2 is 0.513 bits per heavy atom. The Bertz CT molecular complexity index is 1490. The summed E-state index contributed by atoms with van der Waals surface area (Å²) in [7, 11) is 0. The Hall–Kier alpha value is -3.67. The van der Waals surface area contributed by atoms with Gasteiger partial charge >= 0.3 is 17.9 Å². The molecular formula is C70H120O6. The van der Waals surface area contributed by atoms with Crippen molar-refractivity contribution in [2.24, 2.45) is 0 Å². The molecule has 0 aliphatic heterocycles. The van der Waals surface area contributed by atoms with Gasteiger partial charge in [0.2, 0.25) is 0 Å². The molecule has 0 radical (unpaired) electrons. The molecule has 0 rings (SSSR count). The standard InChI is InChI=1S/C70H120O6/c1-4-7-10-13-16-19-21-23-25-27-29-31-33-34-35-36-38-39-41-43-45-47-49-51-54-57-60-63-69(72)75-66-67(65-74-68(71)62-59-56-53-18-15-12-9-6-3)76-70(73)64-61-58-55-52-50-48-46-44-42-40-37-32-30-28-26-24-22-20-17-14-11-8-5-2/h7,10,16,19,22-25,28-31,34-35,38-39,67H,4-6,8-9,11-15,17-18,20-21,26-27,32-33,36-37,40-66H2,1-3H3/b10-7-,19-16-,24-22-,25-23-,30-28-,31-29-,35-34-,39-38-. The lowest BCUT2D eigenvalue weighted by atomic mass is 10.0. The molecule has 0 aliphatic rings. The van der Waals surface area contributed by atoms with Gasteiger partial charge in [0.05, 0.1) is 0 Å². The van der Waals surface area contributed by atoms with Crippen molar-refractivity contribution in [3.8, 4) is 0 Å². The summed E-state index contributed by atoms with van der Waals surface area (Å²) < 4.78 is 16.9. The zero-order valence-corrected chi connectivity index (χ0v) is 50.0. The quantitative estimate of drug-likeness (QED) is 0.0261. The predicted octanol–water partition coefficient (Wildman–Crippen LogP) is 22.0. The van der Waals surface area contributed by atoms with Crippen molar-refractivity contribution in [2.75, 3.05) is 13.2 Å². The third kappa shape index (κ3) is 61.2. The molecule has 6 heteroatoms. The first-order chi connectivity index (χ1) is 37.5. The summed E-state index contributed by atoms with van der Waals surface area (Å²) in [5, 5.41) is 0. The van der Waals surface area contributed by atoms with E-state index in [4.69, 9.17) is 14.2 Å². The highest BCUT2D eigenvalue weighted by molar-refractivity contribution is 5.71. The summed E-state index contributed by atoms with van der Waals surface area (Å²) in [5.74, 6) is -0.885. The molecule has 1 atom stereocenters. The number of hydrogen-bond donors (Lipinski definition) is 0. The van der Waals surface area contributed by atoms with Crippen molar-refractivity contribution in [3.05, 3.63) is 97.2 Å². The number of allylic oxidation sites excluding steroid dienone is 16. The van der Waals surface area contributed by atoms with Crippen LogP contribution in [-0.4, -0.2) is 37.2 Å². The average Bonchev–Trinajstić information content (AvgIpc) is 3.42. The Morgan fingerprint density at radius 3 is 0.803 bits per heavy atom. The molecule has 0 N–H and O–H groups in total. The van der Waals surface area contributed by atoms with E-state index in [0.717, 1.165) is 109 Å². The fourth-order valence-electron chi connectivity index (χ4n) is 9.01. The zero-order valence-electron chi connectivity index (χ0n) is 50.0. The monoisotopic (exact) mass is 1060 g/mol. The van der Waals surface area contributed by atoms with Crippen LogP contribution < -0.4 is 0 Å². The summed E-state index contributed by atoms with van der Waals surface area (Å²) in [6.07, 6.45) is 85.7. The van der Waals surface area contributed by atoms with Crippen molar-refractivity contribution in [2.45, 2.75) is 316 Å². The molecule has 0 aromatic rings.